The summed E-state index contributed by atoms with van der Waals surface area (Å²) in [5, 5.41) is 12.1. The average Bonchev–Trinajstić information content (AvgIpc) is 2.71. The summed E-state index contributed by atoms with van der Waals surface area (Å²) in [4.78, 5) is 24.7. The molecule has 1 aromatic heterocycles. The zero-order valence-corrected chi connectivity index (χ0v) is 17.3. The first-order valence-corrected chi connectivity index (χ1v) is 9.45. The van der Waals surface area contributed by atoms with Crippen LogP contribution in [0.15, 0.2) is 42.6 Å². The quantitative estimate of drug-likeness (QED) is 0.642. The van der Waals surface area contributed by atoms with Crippen LogP contribution in [0.2, 0.25) is 10.0 Å². The lowest BCUT2D eigenvalue weighted by molar-refractivity contribution is -0.123. The number of carbonyl (C=O) groups is 2. The monoisotopic (exact) mass is 432 g/mol. The highest BCUT2D eigenvalue weighted by molar-refractivity contribution is 6.38. The van der Waals surface area contributed by atoms with Gasteiger partial charge in [0.2, 0.25) is 11.8 Å². The largest absolute Gasteiger partial charge is 0.486 e. The highest BCUT2D eigenvalue weighted by atomic mass is 35.5. The lowest BCUT2D eigenvalue weighted by Gasteiger charge is -2.21. The fraction of sp³-hybridized carbons (Fsp3) is 0.200. The van der Waals surface area contributed by atoms with E-state index in [0.717, 1.165) is 5.39 Å². The number of hydrogen-bond donors (Lipinski definition) is 1. The molecule has 0 radical (unpaired) electrons. The molecule has 9 heteroatoms. The molecule has 2 amide bonds. The maximum atomic E-state index is 12.3. The second-order valence-electron chi connectivity index (χ2n) is 6.24. The third-order valence-corrected chi connectivity index (χ3v) is 5.05. The number of benzene rings is 2. The number of anilines is 1. The van der Waals surface area contributed by atoms with E-state index in [0.29, 0.717) is 32.6 Å². The van der Waals surface area contributed by atoms with Crippen LogP contribution in [-0.4, -0.2) is 35.6 Å². The van der Waals surface area contributed by atoms with E-state index < -0.39 is 0 Å². The Bertz CT molecular complexity index is 1070. The molecule has 0 aliphatic carbocycles. The van der Waals surface area contributed by atoms with Crippen LogP contribution in [0.25, 0.3) is 10.9 Å². The van der Waals surface area contributed by atoms with Crippen molar-refractivity contribution in [2.75, 3.05) is 18.5 Å². The van der Waals surface area contributed by atoms with Crippen LogP contribution >= 0.6 is 23.2 Å². The lowest BCUT2D eigenvalue weighted by atomic mass is 10.2. The summed E-state index contributed by atoms with van der Waals surface area (Å²) < 4.78 is 5.91. The molecular formula is C20H18Cl2N4O3. The molecule has 0 saturated heterocycles. The topological polar surface area (TPSA) is 84.4 Å². The molecule has 0 fully saturated rings. The van der Waals surface area contributed by atoms with Gasteiger partial charge in [-0.15, -0.1) is 5.10 Å². The van der Waals surface area contributed by atoms with Crippen molar-refractivity contribution < 1.29 is 14.3 Å². The number of amides is 2. The SMILES string of the molecule is CC(=O)NCC(=O)N(C)c1ccc(Cl)c(COc2cccc3ccnnc23)c1Cl. The summed E-state index contributed by atoms with van der Waals surface area (Å²) in [5.41, 5.74) is 1.62. The van der Waals surface area contributed by atoms with Crippen LogP contribution in [0.4, 0.5) is 5.69 Å². The first-order chi connectivity index (χ1) is 13.9. The van der Waals surface area contributed by atoms with Crippen LogP contribution in [-0.2, 0) is 16.2 Å². The van der Waals surface area contributed by atoms with Gasteiger partial charge in [-0.2, -0.15) is 5.10 Å². The van der Waals surface area contributed by atoms with Crippen LogP contribution in [0.5, 0.6) is 5.75 Å². The Morgan fingerprint density at radius 3 is 2.72 bits per heavy atom. The molecule has 0 unspecified atom stereocenters. The third kappa shape index (κ3) is 4.75. The Kier molecular flexibility index (Phi) is 6.51. The third-order valence-electron chi connectivity index (χ3n) is 4.27. The molecule has 0 aliphatic rings. The highest BCUT2D eigenvalue weighted by Crippen LogP contribution is 2.35. The first kappa shape index (κ1) is 20.8. The summed E-state index contributed by atoms with van der Waals surface area (Å²) in [6.45, 7) is 1.29. The molecule has 0 spiro atoms. The summed E-state index contributed by atoms with van der Waals surface area (Å²) in [5.74, 6) is -0.0647. The number of ether oxygens (including phenoxy) is 1. The smallest absolute Gasteiger partial charge is 0.246 e. The molecule has 150 valence electrons. The first-order valence-electron chi connectivity index (χ1n) is 8.69. The molecule has 29 heavy (non-hydrogen) atoms. The molecule has 1 N–H and O–H groups in total. The molecule has 7 nitrogen and oxygen atoms in total. The fourth-order valence-corrected chi connectivity index (χ4v) is 3.29. The second kappa shape index (κ2) is 9.07. The molecule has 0 aliphatic heterocycles. The van der Waals surface area contributed by atoms with Crippen molar-refractivity contribution in [2.45, 2.75) is 13.5 Å². The van der Waals surface area contributed by atoms with E-state index in [1.54, 1.807) is 31.4 Å². The van der Waals surface area contributed by atoms with Gasteiger partial charge in [0.1, 0.15) is 17.9 Å². The van der Waals surface area contributed by atoms with Crippen molar-refractivity contribution in [3.63, 3.8) is 0 Å². The minimum Gasteiger partial charge on any atom is -0.486 e. The maximum Gasteiger partial charge on any atom is 0.246 e. The van der Waals surface area contributed by atoms with Crippen molar-refractivity contribution >= 4 is 51.6 Å². The van der Waals surface area contributed by atoms with Gasteiger partial charge in [-0.05, 0) is 24.3 Å². The number of rotatable bonds is 6. The molecule has 1 heterocycles. The summed E-state index contributed by atoms with van der Waals surface area (Å²) in [6, 6.07) is 10.7. The Labute approximate surface area is 177 Å². The van der Waals surface area contributed by atoms with E-state index in [9.17, 15) is 9.59 Å². The number of fused-ring (bicyclic) bond motifs is 1. The molecule has 0 atom stereocenters. The van der Waals surface area contributed by atoms with Gasteiger partial charge in [0.15, 0.2) is 0 Å². The number of halogens is 2. The van der Waals surface area contributed by atoms with Gasteiger partial charge in [0, 0.05) is 29.9 Å². The van der Waals surface area contributed by atoms with E-state index in [1.807, 2.05) is 18.2 Å². The summed E-state index contributed by atoms with van der Waals surface area (Å²) >= 11 is 12.8. The van der Waals surface area contributed by atoms with Gasteiger partial charge in [0.25, 0.3) is 0 Å². The van der Waals surface area contributed by atoms with E-state index in [2.05, 4.69) is 15.5 Å². The van der Waals surface area contributed by atoms with Crippen molar-refractivity contribution in [3.8, 4) is 5.75 Å². The van der Waals surface area contributed by atoms with E-state index in [1.165, 1.54) is 11.8 Å². The van der Waals surface area contributed by atoms with Gasteiger partial charge in [-0.3, -0.25) is 9.59 Å². The maximum absolute atomic E-state index is 12.3. The van der Waals surface area contributed by atoms with Crippen molar-refractivity contribution in [3.05, 3.63) is 58.2 Å². The summed E-state index contributed by atoms with van der Waals surface area (Å²) in [7, 11) is 1.57. The van der Waals surface area contributed by atoms with Gasteiger partial charge in [-0.1, -0.05) is 35.3 Å². The molecular weight excluding hydrogens is 415 g/mol. The molecule has 0 saturated carbocycles. The summed E-state index contributed by atoms with van der Waals surface area (Å²) in [6.07, 6.45) is 1.61. The van der Waals surface area contributed by atoms with Crippen LogP contribution in [0.3, 0.4) is 0 Å². The number of hydrogen-bond acceptors (Lipinski definition) is 5. The Morgan fingerprint density at radius 1 is 1.17 bits per heavy atom. The lowest BCUT2D eigenvalue weighted by Crippen LogP contribution is -2.37. The Morgan fingerprint density at radius 2 is 1.97 bits per heavy atom. The minimum absolute atomic E-state index is 0.0783. The normalized spacial score (nSPS) is 10.6. The fourth-order valence-electron chi connectivity index (χ4n) is 2.68. The number of likely N-dealkylation sites (N-methyl/N-ethyl adjacent to an activating group) is 1. The van der Waals surface area contributed by atoms with E-state index in [-0.39, 0.29) is 25.0 Å². The minimum atomic E-state index is -0.319. The highest BCUT2D eigenvalue weighted by Gasteiger charge is 2.19. The second-order valence-corrected chi connectivity index (χ2v) is 7.02. The van der Waals surface area contributed by atoms with E-state index in [4.69, 9.17) is 27.9 Å². The van der Waals surface area contributed by atoms with Crippen molar-refractivity contribution in [1.29, 1.82) is 0 Å². The number of carbonyl (C=O) groups excluding carboxylic acids is 2. The van der Waals surface area contributed by atoms with Crippen LogP contribution in [0.1, 0.15) is 12.5 Å². The predicted octanol–water partition coefficient (Wildman–Crippen LogP) is 3.61. The Hall–Kier alpha value is -2.90. The number of nitrogens with zero attached hydrogens (tertiary/aromatic N) is 3. The van der Waals surface area contributed by atoms with Crippen LogP contribution < -0.4 is 15.0 Å². The predicted molar refractivity (Wildman–Crippen MR) is 112 cm³/mol. The van der Waals surface area contributed by atoms with Gasteiger partial charge < -0.3 is 15.0 Å². The standard InChI is InChI=1S/C20H18Cl2N4O3/c1-12(27)23-10-18(28)26(2)16-7-6-15(21)14(19(16)22)11-29-17-5-3-4-13-8-9-24-25-20(13)17/h3-9H,10-11H2,1-2H3,(H,23,27). The van der Waals surface area contributed by atoms with Gasteiger partial charge >= 0.3 is 0 Å². The van der Waals surface area contributed by atoms with Crippen LogP contribution in [0, 0.1) is 0 Å². The van der Waals surface area contributed by atoms with Gasteiger partial charge in [-0.25, -0.2) is 0 Å². The average molecular weight is 433 g/mol. The number of aromatic nitrogens is 2. The van der Waals surface area contributed by atoms with E-state index >= 15 is 0 Å². The Balaban J connectivity index is 1.83. The molecule has 3 aromatic rings. The zero-order chi connectivity index (χ0) is 21.0. The van der Waals surface area contributed by atoms with Crippen molar-refractivity contribution in [1.82, 2.24) is 15.5 Å². The van der Waals surface area contributed by atoms with Crippen molar-refractivity contribution in [2.24, 2.45) is 0 Å². The number of nitrogens with one attached hydrogen (secondary N) is 1. The molecule has 2 aromatic carbocycles. The molecule has 3 rings (SSSR count). The van der Waals surface area contributed by atoms with Gasteiger partial charge in [0.05, 0.1) is 23.5 Å². The zero-order valence-electron chi connectivity index (χ0n) is 15.8. The molecule has 0 bridgehead atoms.